The van der Waals surface area contributed by atoms with Crippen LogP contribution in [0.25, 0.3) is 0 Å². The van der Waals surface area contributed by atoms with Crippen LogP contribution in [0.1, 0.15) is 43.8 Å². The molecule has 1 saturated carbocycles. The Hall–Kier alpha value is -1.62. The van der Waals surface area contributed by atoms with E-state index < -0.39 is 12.0 Å². The number of aliphatic hydroxyl groups excluding tert-OH is 1. The van der Waals surface area contributed by atoms with Crippen LogP contribution in [0.15, 0.2) is 12.1 Å². The van der Waals surface area contributed by atoms with Gasteiger partial charge in [-0.25, -0.2) is 4.39 Å². The summed E-state index contributed by atoms with van der Waals surface area (Å²) in [7, 11) is 0. The van der Waals surface area contributed by atoms with Gasteiger partial charge in [-0.1, -0.05) is 12.8 Å². The summed E-state index contributed by atoms with van der Waals surface area (Å²) in [4.78, 5) is 13.7. The molecule has 3 unspecified atom stereocenters. The van der Waals surface area contributed by atoms with E-state index in [-0.39, 0.29) is 5.82 Å². The zero-order chi connectivity index (χ0) is 14.6. The molecule has 1 amide bonds. The number of hydrogen-bond donors (Lipinski definition) is 2. The smallest absolute Gasteiger partial charge is 0.257 e. The fourth-order valence-corrected chi connectivity index (χ4v) is 4.18. The van der Waals surface area contributed by atoms with Gasteiger partial charge in [0, 0.05) is 23.8 Å². The van der Waals surface area contributed by atoms with E-state index in [1.54, 1.807) is 6.07 Å². The van der Waals surface area contributed by atoms with Crippen molar-refractivity contribution < 1.29 is 14.3 Å². The highest BCUT2D eigenvalue weighted by molar-refractivity contribution is 6.02. The molecule has 2 aliphatic heterocycles. The van der Waals surface area contributed by atoms with Gasteiger partial charge < -0.3 is 15.3 Å². The molecule has 4 rings (SSSR count). The topological polar surface area (TPSA) is 52.6 Å². The van der Waals surface area contributed by atoms with Crippen LogP contribution < -0.4 is 10.2 Å². The normalized spacial score (nSPS) is 31.0. The van der Waals surface area contributed by atoms with Crippen LogP contribution in [0.3, 0.4) is 0 Å². The first-order valence-corrected chi connectivity index (χ1v) is 7.74. The van der Waals surface area contributed by atoms with Crippen molar-refractivity contribution >= 4 is 17.3 Å². The second-order valence-electron chi connectivity index (χ2n) is 6.38. The van der Waals surface area contributed by atoms with Crippen molar-refractivity contribution in [2.75, 3.05) is 16.8 Å². The maximum absolute atomic E-state index is 14.5. The van der Waals surface area contributed by atoms with Crippen molar-refractivity contribution in [3.63, 3.8) is 0 Å². The number of nitrogens with zero attached hydrogens (tertiary/aromatic N) is 1. The lowest BCUT2D eigenvalue weighted by molar-refractivity contribution is -0.123. The third-order valence-corrected chi connectivity index (χ3v) is 5.24. The minimum absolute atomic E-state index is 0.337. The fraction of sp³-hybridized carbons (Fsp3) is 0.562. The van der Waals surface area contributed by atoms with Crippen molar-refractivity contribution in [3.8, 4) is 0 Å². The molecule has 1 aliphatic carbocycles. The summed E-state index contributed by atoms with van der Waals surface area (Å²) in [6, 6.07) is 3.42. The Balaban J connectivity index is 1.70. The zero-order valence-electron chi connectivity index (χ0n) is 11.8. The molecular weight excluding hydrogens is 271 g/mol. The number of fused-ring (bicyclic) bond motifs is 2. The van der Waals surface area contributed by atoms with Crippen LogP contribution in [-0.2, 0) is 4.79 Å². The SMILES string of the molecule is O=C1Nc2cc(N3CCC4CCCCC43)c(F)cc2C1O. The summed E-state index contributed by atoms with van der Waals surface area (Å²) in [5, 5.41) is 12.4. The summed E-state index contributed by atoms with van der Waals surface area (Å²) < 4.78 is 14.5. The maximum atomic E-state index is 14.5. The molecule has 2 fully saturated rings. The van der Waals surface area contributed by atoms with Gasteiger partial charge in [0.05, 0.1) is 5.69 Å². The first-order valence-electron chi connectivity index (χ1n) is 7.74. The van der Waals surface area contributed by atoms with Gasteiger partial charge in [0.15, 0.2) is 6.10 Å². The summed E-state index contributed by atoms with van der Waals surface area (Å²) in [6.45, 7) is 0.877. The van der Waals surface area contributed by atoms with Crippen LogP contribution in [0.4, 0.5) is 15.8 Å². The van der Waals surface area contributed by atoms with Crippen molar-refractivity contribution in [2.24, 2.45) is 5.92 Å². The molecule has 112 valence electrons. The molecule has 4 nitrogen and oxygen atoms in total. The van der Waals surface area contributed by atoms with Gasteiger partial charge in [-0.05, 0) is 37.3 Å². The predicted molar refractivity (Wildman–Crippen MR) is 77.7 cm³/mol. The maximum Gasteiger partial charge on any atom is 0.257 e. The Morgan fingerprint density at radius 1 is 1.24 bits per heavy atom. The Morgan fingerprint density at radius 2 is 2.05 bits per heavy atom. The predicted octanol–water partition coefficient (Wildman–Crippen LogP) is 2.58. The standard InChI is InChI=1S/C16H19FN2O2/c17-11-7-10-12(18-16(21)15(10)20)8-14(11)19-6-5-9-3-1-2-4-13(9)19/h7-9,13,15,20H,1-6H2,(H,18,21). The molecular formula is C16H19FN2O2. The molecule has 0 aromatic heterocycles. The van der Waals surface area contributed by atoms with Gasteiger partial charge in [0.1, 0.15) is 5.82 Å². The van der Waals surface area contributed by atoms with Gasteiger partial charge >= 0.3 is 0 Å². The van der Waals surface area contributed by atoms with E-state index in [0.29, 0.717) is 28.9 Å². The highest BCUT2D eigenvalue weighted by Gasteiger charge is 2.38. The van der Waals surface area contributed by atoms with Crippen LogP contribution in [0.5, 0.6) is 0 Å². The molecule has 21 heavy (non-hydrogen) atoms. The molecule has 0 bridgehead atoms. The third kappa shape index (κ3) is 1.94. The monoisotopic (exact) mass is 290 g/mol. The Kier molecular flexibility index (Phi) is 2.92. The quantitative estimate of drug-likeness (QED) is 0.836. The lowest BCUT2D eigenvalue weighted by atomic mass is 9.85. The second-order valence-corrected chi connectivity index (χ2v) is 6.38. The fourth-order valence-electron chi connectivity index (χ4n) is 4.18. The number of aliphatic hydroxyl groups is 1. The van der Waals surface area contributed by atoms with E-state index >= 15 is 0 Å². The zero-order valence-corrected chi connectivity index (χ0v) is 11.8. The highest BCUT2D eigenvalue weighted by Crippen LogP contribution is 2.42. The molecule has 1 aromatic rings. The first kappa shape index (κ1) is 13.1. The van der Waals surface area contributed by atoms with E-state index in [9.17, 15) is 14.3 Å². The average Bonchev–Trinajstić information content (AvgIpc) is 3.02. The van der Waals surface area contributed by atoms with Crippen molar-refractivity contribution in [2.45, 2.75) is 44.2 Å². The lowest BCUT2D eigenvalue weighted by Gasteiger charge is -2.33. The summed E-state index contributed by atoms with van der Waals surface area (Å²) in [5.41, 5.74) is 1.46. The number of rotatable bonds is 1. The Labute approximate surface area is 122 Å². The second kappa shape index (κ2) is 4.70. The van der Waals surface area contributed by atoms with Crippen molar-refractivity contribution in [1.29, 1.82) is 0 Å². The summed E-state index contributed by atoms with van der Waals surface area (Å²) >= 11 is 0. The summed E-state index contributed by atoms with van der Waals surface area (Å²) in [6.07, 6.45) is 4.73. The molecule has 3 atom stereocenters. The average molecular weight is 290 g/mol. The molecule has 2 N–H and O–H groups in total. The van der Waals surface area contributed by atoms with Gasteiger partial charge in [0.2, 0.25) is 0 Å². The largest absolute Gasteiger partial charge is 0.378 e. The molecule has 1 saturated heterocycles. The number of hydrogen-bond acceptors (Lipinski definition) is 3. The highest BCUT2D eigenvalue weighted by atomic mass is 19.1. The third-order valence-electron chi connectivity index (χ3n) is 5.24. The molecule has 3 aliphatic rings. The number of halogens is 1. The number of amides is 1. The lowest BCUT2D eigenvalue weighted by Crippen LogP contribution is -2.35. The number of anilines is 2. The van der Waals surface area contributed by atoms with Crippen LogP contribution in [-0.4, -0.2) is 23.6 Å². The van der Waals surface area contributed by atoms with E-state index in [0.717, 1.165) is 19.4 Å². The molecule has 2 heterocycles. The number of benzene rings is 1. The van der Waals surface area contributed by atoms with Crippen LogP contribution in [0.2, 0.25) is 0 Å². The molecule has 5 heteroatoms. The van der Waals surface area contributed by atoms with Gasteiger partial charge in [0.25, 0.3) is 5.91 Å². The van der Waals surface area contributed by atoms with Gasteiger partial charge in [-0.3, -0.25) is 4.79 Å². The van der Waals surface area contributed by atoms with Crippen LogP contribution >= 0.6 is 0 Å². The van der Waals surface area contributed by atoms with Crippen molar-refractivity contribution in [3.05, 3.63) is 23.5 Å². The number of nitrogens with one attached hydrogen (secondary N) is 1. The van der Waals surface area contributed by atoms with Crippen LogP contribution in [0, 0.1) is 11.7 Å². The Morgan fingerprint density at radius 3 is 2.90 bits per heavy atom. The van der Waals surface area contributed by atoms with E-state index in [1.807, 2.05) is 0 Å². The molecule has 0 radical (unpaired) electrons. The Bertz CT molecular complexity index is 604. The van der Waals surface area contributed by atoms with E-state index in [1.165, 1.54) is 25.3 Å². The first-order chi connectivity index (χ1) is 10.1. The number of carbonyl (C=O) groups is 1. The number of carbonyl (C=O) groups excluding carboxylic acids is 1. The molecule has 1 aromatic carbocycles. The minimum atomic E-state index is -1.25. The molecule has 0 spiro atoms. The summed E-state index contributed by atoms with van der Waals surface area (Å²) in [5.74, 6) is -0.138. The van der Waals surface area contributed by atoms with Gasteiger partial charge in [-0.15, -0.1) is 0 Å². The minimum Gasteiger partial charge on any atom is -0.378 e. The van der Waals surface area contributed by atoms with E-state index in [4.69, 9.17) is 0 Å². The van der Waals surface area contributed by atoms with Gasteiger partial charge in [-0.2, -0.15) is 0 Å². The van der Waals surface area contributed by atoms with E-state index in [2.05, 4.69) is 10.2 Å². The van der Waals surface area contributed by atoms with Crippen molar-refractivity contribution in [1.82, 2.24) is 0 Å².